The third kappa shape index (κ3) is 2.80. The largest absolute Gasteiger partial charge is 0.366 e. The van der Waals surface area contributed by atoms with Crippen molar-refractivity contribution in [2.45, 2.75) is 19.5 Å². The van der Waals surface area contributed by atoms with Gasteiger partial charge in [-0.15, -0.1) is 10.2 Å². The van der Waals surface area contributed by atoms with Crippen LogP contribution in [-0.4, -0.2) is 50.8 Å². The van der Waals surface area contributed by atoms with Crippen LogP contribution in [0.15, 0.2) is 30.3 Å². The monoisotopic (exact) mass is 272 g/mol. The van der Waals surface area contributed by atoms with E-state index in [9.17, 15) is 0 Å². The third-order valence-corrected chi connectivity index (χ3v) is 3.71. The number of tetrazole rings is 1. The molecule has 0 spiro atoms. The molecule has 0 amide bonds. The van der Waals surface area contributed by atoms with Gasteiger partial charge in [0, 0.05) is 31.4 Å². The predicted octanol–water partition coefficient (Wildman–Crippen LogP) is 0.921. The summed E-state index contributed by atoms with van der Waals surface area (Å²) in [5.41, 5.74) is 1.30. The van der Waals surface area contributed by atoms with Crippen molar-refractivity contribution in [2.75, 3.05) is 24.5 Å². The summed E-state index contributed by atoms with van der Waals surface area (Å²) in [6, 6.07) is 11.1. The van der Waals surface area contributed by atoms with Crippen molar-refractivity contribution in [3.63, 3.8) is 0 Å². The van der Waals surface area contributed by atoms with E-state index in [0.29, 0.717) is 6.04 Å². The minimum Gasteiger partial charge on any atom is -0.366 e. The van der Waals surface area contributed by atoms with E-state index in [1.165, 1.54) is 10.5 Å². The molecule has 0 N–H and O–H groups in total. The highest BCUT2D eigenvalue weighted by Crippen LogP contribution is 2.20. The molecule has 6 heteroatoms. The molecule has 2 heterocycles. The lowest BCUT2D eigenvalue weighted by Gasteiger charge is -2.40. The van der Waals surface area contributed by atoms with Gasteiger partial charge in [-0.2, -0.15) is 4.80 Å². The van der Waals surface area contributed by atoms with Crippen LogP contribution in [-0.2, 0) is 13.6 Å². The van der Waals surface area contributed by atoms with Crippen LogP contribution in [0.1, 0.15) is 12.7 Å². The molecule has 0 radical (unpaired) electrons. The Bertz CT molecular complexity index is 552. The first-order valence-electron chi connectivity index (χ1n) is 6.99. The van der Waals surface area contributed by atoms with Crippen LogP contribution in [0, 0.1) is 0 Å². The molecule has 106 valence electrons. The van der Waals surface area contributed by atoms with Crippen LogP contribution in [0.5, 0.6) is 0 Å². The highest BCUT2D eigenvalue weighted by molar-refractivity contribution is 5.47. The van der Waals surface area contributed by atoms with Gasteiger partial charge in [0.1, 0.15) is 0 Å². The number of hydrogen-bond acceptors (Lipinski definition) is 5. The third-order valence-electron chi connectivity index (χ3n) is 3.71. The van der Waals surface area contributed by atoms with Crippen molar-refractivity contribution < 1.29 is 0 Å². The molecule has 1 saturated heterocycles. The average molecular weight is 272 g/mol. The van der Waals surface area contributed by atoms with Crippen molar-refractivity contribution >= 4 is 5.69 Å². The summed E-state index contributed by atoms with van der Waals surface area (Å²) < 4.78 is 0. The molecule has 0 bridgehead atoms. The predicted molar refractivity (Wildman–Crippen MR) is 77.3 cm³/mol. The van der Waals surface area contributed by atoms with E-state index < -0.39 is 0 Å². The summed E-state index contributed by atoms with van der Waals surface area (Å²) in [5, 5.41) is 12.2. The zero-order valence-electron chi connectivity index (χ0n) is 12.0. The van der Waals surface area contributed by atoms with Crippen LogP contribution in [0.2, 0.25) is 0 Å². The zero-order valence-corrected chi connectivity index (χ0v) is 12.0. The molecule has 20 heavy (non-hydrogen) atoms. The Balaban J connectivity index is 1.62. The second kappa shape index (κ2) is 5.58. The fourth-order valence-electron chi connectivity index (χ4n) is 2.77. The standard InChI is InChI=1S/C14H20N6/c1-12-10-19(11-14-15-17-18(2)16-14)8-9-20(12)13-6-4-3-5-7-13/h3-7,12H,8-11H2,1-2H3. The van der Waals surface area contributed by atoms with E-state index in [0.717, 1.165) is 32.0 Å². The summed E-state index contributed by atoms with van der Waals surface area (Å²) in [6.45, 7) is 6.13. The molecule has 1 aromatic carbocycles. The number of nitrogens with zero attached hydrogens (tertiary/aromatic N) is 6. The molecule has 1 unspecified atom stereocenters. The summed E-state index contributed by atoms with van der Waals surface area (Å²) in [4.78, 5) is 6.36. The summed E-state index contributed by atoms with van der Waals surface area (Å²) in [5.74, 6) is 0.799. The fraction of sp³-hybridized carbons (Fsp3) is 0.500. The molecule has 1 fully saturated rings. The molecule has 3 rings (SSSR count). The molecule has 2 aromatic rings. The summed E-state index contributed by atoms with van der Waals surface area (Å²) in [6.07, 6.45) is 0. The van der Waals surface area contributed by atoms with Crippen molar-refractivity contribution in [3.05, 3.63) is 36.2 Å². The van der Waals surface area contributed by atoms with E-state index in [2.05, 4.69) is 62.5 Å². The van der Waals surface area contributed by atoms with Gasteiger partial charge in [0.15, 0.2) is 5.82 Å². The van der Waals surface area contributed by atoms with Crippen LogP contribution < -0.4 is 4.90 Å². The SMILES string of the molecule is CC1CN(Cc2nnn(C)n2)CCN1c1ccccc1. The Morgan fingerprint density at radius 3 is 2.65 bits per heavy atom. The lowest BCUT2D eigenvalue weighted by molar-refractivity contribution is 0.216. The quantitative estimate of drug-likeness (QED) is 0.831. The maximum Gasteiger partial charge on any atom is 0.188 e. The topological polar surface area (TPSA) is 50.1 Å². The highest BCUT2D eigenvalue weighted by Gasteiger charge is 2.24. The van der Waals surface area contributed by atoms with Gasteiger partial charge in [0.05, 0.1) is 13.6 Å². The van der Waals surface area contributed by atoms with Crippen LogP contribution in [0.4, 0.5) is 5.69 Å². The van der Waals surface area contributed by atoms with Crippen molar-refractivity contribution in [1.29, 1.82) is 0 Å². The number of rotatable bonds is 3. The van der Waals surface area contributed by atoms with Gasteiger partial charge < -0.3 is 4.90 Å². The molecule has 1 atom stereocenters. The molecule has 0 aliphatic carbocycles. The lowest BCUT2D eigenvalue weighted by atomic mass is 10.1. The minimum absolute atomic E-state index is 0.489. The van der Waals surface area contributed by atoms with E-state index in [1.54, 1.807) is 7.05 Å². The normalized spacial score (nSPS) is 20.3. The van der Waals surface area contributed by atoms with Crippen molar-refractivity contribution in [3.8, 4) is 0 Å². The first-order chi connectivity index (χ1) is 9.72. The van der Waals surface area contributed by atoms with E-state index in [-0.39, 0.29) is 0 Å². The second-order valence-electron chi connectivity index (χ2n) is 5.31. The first kappa shape index (κ1) is 13.1. The molecular weight excluding hydrogens is 252 g/mol. The van der Waals surface area contributed by atoms with E-state index >= 15 is 0 Å². The average Bonchev–Trinajstić information content (AvgIpc) is 2.85. The number of para-hydroxylation sites is 1. The van der Waals surface area contributed by atoms with Gasteiger partial charge in [0.2, 0.25) is 0 Å². The van der Waals surface area contributed by atoms with Gasteiger partial charge in [-0.1, -0.05) is 18.2 Å². The highest BCUT2D eigenvalue weighted by atomic mass is 15.6. The molecule has 0 saturated carbocycles. The summed E-state index contributed by atoms with van der Waals surface area (Å²) in [7, 11) is 1.80. The second-order valence-corrected chi connectivity index (χ2v) is 5.31. The summed E-state index contributed by atoms with van der Waals surface area (Å²) >= 11 is 0. The maximum absolute atomic E-state index is 4.25. The molecule has 6 nitrogen and oxygen atoms in total. The number of piperazine rings is 1. The number of aryl methyl sites for hydroxylation is 1. The van der Waals surface area contributed by atoms with Gasteiger partial charge in [-0.3, -0.25) is 4.90 Å². The molecule has 1 aliphatic rings. The van der Waals surface area contributed by atoms with Gasteiger partial charge in [-0.05, 0) is 24.3 Å². The Labute approximate surface area is 119 Å². The number of aromatic nitrogens is 4. The zero-order chi connectivity index (χ0) is 13.9. The van der Waals surface area contributed by atoms with Crippen LogP contribution in [0.3, 0.4) is 0 Å². The number of benzene rings is 1. The van der Waals surface area contributed by atoms with Gasteiger partial charge >= 0.3 is 0 Å². The van der Waals surface area contributed by atoms with Gasteiger partial charge in [0.25, 0.3) is 0 Å². The smallest absolute Gasteiger partial charge is 0.188 e. The Morgan fingerprint density at radius 2 is 2.00 bits per heavy atom. The van der Waals surface area contributed by atoms with Crippen LogP contribution >= 0.6 is 0 Å². The van der Waals surface area contributed by atoms with Crippen molar-refractivity contribution in [1.82, 2.24) is 25.1 Å². The van der Waals surface area contributed by atoms with E-state index in [4.69, 9.17) is 0 Å². The number of hydrogen-bond donors (Lipinski definition) is 0. The molecule has 1 aliphatic heterocycles. The molecular formula is C14H20N6. The van der Waals surface area contributed by atoms with Gasteiger partial charge in [-0.25, -0.2) is 0 Å². The first-order valence-corrected chi connectivity index (χ1v) is 6.99. The number of anilines is 1. The van der Waals surface area contributed by atoms with E-state index in [1.807, 2.05) is 0 Å². The molecule has 1 aromatic heterocycles. The fourth-order valence-corrected chi connectivity index (χ4v) is 2.77. The Hall–Kier alpha value is -1.95. The lowest BCUT2D eigenvalue weighted by Crippen LogP contribution is -2.51. The minimum atomic E-state index is 0.489. The van der Waals surface area contributed by atoms with Crippen molar-refractivity contribution in [2.24, 2.45) is 7.05 Å². The van der Waals surface area contributed by atoms with Crippen LogP contribution in [0.25, 0.3) is 0 Å². The Morgan fingerprint density at radius 1 is 1.20 bits per heavy atom. The Kier molecular flexibility index (Phi) is 3.64. The maximum atomic E-state index is 4.25.